The number of para-hydroxylation sites is 1. The van der Waals surface area contributed by atoms with E-state index in [9.17, 15) is 4.79 Å². The Morgan fingerprint density at radius 3 is 2.71 bits per heavy atom. The second kappa shape index (κ2) is 4.04. The van der Waals surface area contributed by atoms with E-state index in [1.54, 1.807) is 0 Å². The highest BCUT2D eigenvalue weighted by molar-refractivity contribution is 6.03. The Morgan fingerprint density at radius 2 is 1.94 bits per heavy atom. The van der Waals surface area contributed by atoms with Crippen molar-refractivity contribution in [2.75, 3.05) is 43.4 Å². The van der Waals surface area contributed by atoms with E-state index in [0.717, 1.165) is 37.4 Å². The summed E-state index contributed by atoms with van der Waals surface area (Å²) in [5.74, 6) is 0.113. The van der Waals surface area contributed by atoms with Crippen molar-refractivity contribution in [3.8, 4) is 0 Å². The Bertz CT molecular complexity index is 450. The fraction of sp³-hybridized carbons (Fsp3) is 0.462. The predicted octanol–water partition coefficient (Wildman–Crippen LogP) is 0.933. The highest BCUT2D eigenvalue weighted by Crippen LogP contribution is 2.34. The van der Waals surface area contributed by atoms with Crippen molar-refractivity contribution in [1.82, 2.24) is 4.90 Å². The standard InChI is InChI=1S/C13H17N3O/c1-15-5-7-16(8-6-15)11-4-2-3-10-9-12(17)14-13(10)11/h2-4H,5-9H2,1H3,(H,14,17). The number of carbonyl (C=O) groups excluding carboxylic acids is 1. The van der Waals surface area contributed by atoms with Gasteiger partial charge < -0.3 is 15.1 Å². The molecule has 0 aromatic heterocycles. The molecule has 0 bridgehead atoms. The van der Waals surface area contributed by atoms with Gasteiger partial charge in [0.15, 0.2) is 0 Å². The highest BCUT2D eigenvalue weighted by Gasteiger charge is 2.24. The van der Waals surface area contributed by atoms with Gasteiger partial charge in [-0.25, -0.2) is 0 Å². The van der Waals surface area contributed by atoms with Crippen LogP contribution in [0.1, 0.15) is 5.56 Å². The molecule has 0 radical (unpaired) electrons. The summed E-state index contributed by atoms with van der Waals surface area (Å²) >= 11 is 0. The lowest BCUT2D eigenvalue weighted by Gasteiger charge is -2.34. The third kappa shape index (κ3) is 1.89. The molecule has 2 aliphatic heterocycles. The Morgan fingerprint density at radius 1 is 1.18 bits per heavy atom. The van der Waals surface area contributed by atoms with Crippen LogP contribution in [0.25, 0.3) is 0 Å². The van der Waals surface area contributed by atoms with Crippen molar-refractivity contribution in [3.05, 3.63) is 23.8 Å². The molecule has 1 fully saturated rings. The first-order valence-electron chi connectivity index (χ1n) is 6.09. The molecule has 2 aliphatic rings. The molecule has 4 heteroatoms. The van der Waals surface area contributed by atoms with Crippen LogP contribution in [0.3, 0.4) is 0 Å². The second-order valence-corrected chi connectivity index (χ2v) is 4.83. The number of amides is 1. The molecule has 0 saturated carbocycles. The number of anilines is 2. The Balaban J connectivity index is 1.89. The number of hydrogen-bond acceptors (Lipinski definition) is 3. The first-order chi connectivity index (χ1) is 8.24. The van der Waals surface area contributed by atoms with Crippen molar-refractivity contribution in [1.29, 1.82) is 0 Å². The van der Waals surface area contributed by atoms with Crippen molar-refractivity contribution in [3.63, 3.8) is 0 Å². The molecule has 1 aromatic rings. The molecular formula is C13H17N3O. The van der Waals surface area contributed by atoms with Crippen molar-refractivity contribution in [2.45, 2.75) is 6.42 Å². The van der Waals surface area contributed by atoms with Crippen LogP contribution in [-0.4, -0.2) is 44.0 Å². The lowest BCUT2D eigenvalue weighted by molar-refractivity contribution is -0.115. The van der Waals surface area contributed by atoms with Crippen LogP contribution in [0.5, 0.6) is 0 Å². The first kappa shape index (κ1) is 10.6. The highest BCUT2D eigenvalue weighted by atomic mass is 16.1. The van der Waals surface area contributed by atoms with Gasteiger partial charge in [-0.05, 0) is 18.7 Å². The fourth-order valence-electron chi connectivity index (χ4n) is 2.55. The van der Waals surface area contributed by atoms with E-state index >= 15 is 0 Å². The van der Waals surface area contributed by atoms with Crippen LogP contribution in [0.15, 0.2) is 18.2 Å². The number of hydrogen-bond donors (Lipinski definition) is 1. The van der Waals surface area contributed by atoms with Gasteiger partial charge in [0, 0.05) is 26.2 Å². The van der Waals surface area contributed by atoms with Gasteiger partial charge in [0.1, 0.15) is 0 Å². The maximum atomic E-state index is 11.4. The van der Waals surface area contributed by atoms with Crippen molar-refractivity contribution in [2.24, 2.45) is 0 Å². The van der Waals surface area contributed by atoms with Gasteiger partial charge in [0.2, 0.25) is 5.91 Å². The Kier molecular flexibility index (Phi) is 2.52. The smallest absolute Gasteiger partial charge is 0.228 e. The molecule has 4 nitrogen and oxygen atoms in total. The van der Waals surface area contributed by atoms with E-state index in [4.69, 9.17) is 0 Å². The lowest BCUT2D eigenvalue weighted by atomic mass is 10.1. The fourth-order valence-corrected chi connectivity index (χ4v) is 2.55. The van der Waals surface area contributed by atoms with Gasteiger partial charge in [0.05, 0.1) is 17.8 Å². The van der Waals surface area contributed by atoms with Crippen molar-refractivity contribution < 1.29 is 4.79 Å². The van der Waals surface area contributed by atoms with Gasteiger partial charge >= 0.3 is 0 Å². The molecule has 17 heavy (non-hydrogen) atoms. The monoisotopic (exact) mass is 231 g/mol. The third-order valence-corrected chi connectivity index (χ3v) is 3.59. The number of likely N-dealkylation sites (N-methyl/N-ethyl adjacent to an activating group) is 1. The molecular weight excluding hydrogens is 214 g/mol. The summed E-state index contributed by atoms with van der Waals surface area (Å²) in [5.41, 5.74) is 3.34. The minimum Gasteiger partial charge on any atom is -0.367 e. The van der Waals surface area contributed by atoms with Crippen LogP contribution >= 0.6 is 0 Å². The van der Waals surface area contributed by atoms with E-state index in [0.29, 0.717) is 6.42 Å². The average molecular weight is 231 g/mol. The van der Waals surface area contributed by atoms with Gasteiger partial charge in [-0.1, -0.05) is 12.1 Å². The lowest BCUT2D eigenvalue weighted by Crippen LogP contribution is -2.44. The number of nitrogens with zero attached hydrogens (tertiary/aromatic N) is 2. The second-order valence-electron chi connectivity index (χ2n) is 4.83. The normalized spacial score (nSPS) is 20.3. The predicted molar refractivity (Wildman–Crippen MR) is 68.5 cm³/mol. The number of fused-ring (bicyclic) bond motifs is 1. The number of nitrogens with one attached hydrogen (secondary N) is 1. The molecule has 1 amide bonds. The molecule has 90 valence electrons. The minimum absolute atomic E-state index is 0.113. The summed E-state index contributed by atoms with van der Waals surface area (Å²) in [7, 11) is 2.15. The summed E-state index contributed by atoms with van der Waals surface area (Å²) in [4.78, 5) is 16.1. The maximum Gasteiger partial charge on any atom is 0.228 e. The zero-order valence-electron chi connectivity index (χ0n) is 10.1. The molecule has 0 aliphatic carbocycles. The van der Waals surface area contributed by atoms with E-state index in [1.165, 1.54) is 5.69 Å². The number of piperazine rings is 1. The van der Waals surface area contributed by atoms with Crippen molar-refractivity contribution >= 4 is 17.3 Å². The van der Waals surface area contributed by atoms with Gasteiger partial charge in [0.25, 0.3) is 0 Å². The average Bonchev–Trinajstić information content (AvgIpc) is 2.70. The molecule has 0 spiro atoms. The quantitative estimate of drug-likeness (QED) is 0.781. The summed E-state index contributed by atoms with van der Waals surface area (Å²) in [5, 5.41) is 2.98. The topological polar surface area (TPSA) is 35.6 Å². The van der Waals surface area contributed by atoms with Crippen LogP contribution in [0, 0.1) is 0 Å². The van der Waals surface area contributed by atoms with Gasteiger partial charge in [-0.2, -0.15) is 0 Å². The van der Waals surface area contributed by atoms with Crippen LogP contribution in [0.4, 0.5) is 11.4 Å². The van der Waals surface area contributed by atoms with Gasteiger partial charge in [-0.15, -0.1) is 0 Å². The summed E-state index contributed by atoms with van der Waals surface area (Å²) < 4.78 is 0. The molecule has 0 atom stereocenters. The minimum atomic E-state index is 0.113. The van der Waals surface area contributed by atoms with Crippen LogP contribution in [0.2, 0.25) is 0 Å². The van der Waals surface area contributed by atoms with E-state index in [2.05, 4.69) is 28.2 Å². The largest absolute Gasteiger partial charge is 0.367 e. The molecule has 0 unspecified atom stereocenters. The first-order valence-corrected chi connectivity index (χ1v) is 6.09. The van der Waals surface area contributed by atoms with E-state index < -0.39 is 0 Å². The molecule has 1 saturated heterocycles. The summed E-state index contributed by atoms with van der Waals surface area (Å²) in [6.07, 6.45) is 0.525. The zero-order chi connectivity index (χ0) is 11.8. The molecule has 1 aromatic carbocycles. The number of carbonyl (C=O) groups is 1. The van der Waals surface area contributed by atoms with Crippen LogP contribution < -0.4 is 10.2 Å². The Hall–Kier alpha value is -1.55. The zero-order valence-corrected chi connectivity index (χ0v) is 10.1. The SMILES string of the molecule is CN1CCN(c2cccc3c2NC(=O)C3)CC1. The van der Waals surface area contributed by atoms with E-state index in [-0.39, 0.29) is 5.91 Å². The van der Waals surface area contributed by atoms with E-state index in [1.807, 2.05) is 12.1 Å². The summed E-state index contributed by atoms with van der Waals surface area (Å²) in [6.45, 7) is 4.22. The Labute approximate surface area is 101 Å². The maximum absolute atomic E-state index is 11.4. The molecule has 1 N–H and O–H groups in total. The number of benzene rings is 1. The third-order valence-electron chi connectivity index (χ3n) is 3.59. The van der Waals surface area contributed by atoms with Gasteiger partial charge in [-0.3, -0.25) is 4.79 Å². The molecule has 3 rings (SSSR count). The summed E-state index contributed by atoms with van der Waals surface area (Å²) in [6, 6.07) is 6.19. The molecule has 2 heterocycles. The van der Waals surface area contributed by atoms with Crippen LogP contribution in [-0.2, 0) is 11.2 Å². The number of rotatable bonds is 1.